The van der Waals surface area contributed by atoms with Gasteiger partial charge >= 0.3 is 43.2 Å². The van der Waals surface area contributed by atoms with Crippen molar-refractivity contribution in [1.82, 2.24) is 34.7 Å². The first-order valence-electron chi connectivity index (χ1n) is 46.4. The molecule has 137 heavy (non-hydrogen) atoms. The van der Waals surface area contributed by atoms with Crippen molar-refractivity contribution in [3.8, 4) is 0 Å². The lowest BCUT2D eigenvalue weighted by Crippen LogP contribution is -2.46. The number of nitrogens with zero attached hydrogens (tertiary/aromatic N) is 13. The molecular weight excluding hydrogens is 1820 g/mol. The Labute approximate surface area is 800 Å². The number of rotatable bonds is 21. The summed E-state index contributed by atoms with van der Waals surface area (Å²) in [6.07, 6.45) is -25.7. The Bertz CT molecular complexity index is 4920. The number of likely N-dealkylation sites (N-methyl/N-ethyl adjacent to an activating group) is 8. The van der Waals surface area contributed by atoms with Crippen LogP contribution in [0.2, 0.25) is 0 Å². The third-order valence-corrected chi connectivity index (χ3v) is 25.4. The van der Waals surface area contributed by atoms with Gasteiger partial charge in [-0.15, -0.1) is 0 Å². The number of likely N-dealkylation sites (tertiary alicyclic amines) is 1. The van der Waals surface area contributed by atoms with Crippen LogP contribution in [0.25, 0.3) is 0 Å². The second kappa shape index (κ2) is 51.7. The smallest absolute Gasteiger partial charge is 0.374 e. The lowest BCUT2D eigenvalue weighted by molar-refractivity contribution is -0.138. The maximum absolute atomic E-state index is 13.1. The number of halogens is 21. The fourth-order valence-corrected chi connectivity index (χ4v) is 16.9. The zero-order chi connectivity index (χ0) is 104. The van der Waals surface area contributed by atoms with Crippen molar-refractivity contribution in [3.05, 3.63) is 202 Å². The summed E-state index contributed by atoms with van der Waals surface area (Å²) in [5.74, 6) is 0. The number of benzene rings is 7. The van der Waals surface area contributed by atoms with Gasteiger partial charge in [0.05, 0.1) is 38.9 Å². The lowest BCUT2D eigenvalue weighted by Gasteiger charge is -2.37. The fourth-order valence-electron chi connectivity index (χ4n) is 16.9. The Balaban J connectivity index is 0.000000282. The first-order chi connectivity index (χ1) is 63.2. The summed E-state index contributed by atoms with van der Waals surface area (Å²) in [5, 5.41) is 2.98. The van der Waals surface area contributed by atoms with Gasteiger partial charge in [-0.05, 0) is 367 Å². The highest BCUT2D eigenvalue weighted by atomic mass is 19.4. The molecule has 0 radical (unpaired) electrons. The summed E-state index contributed by atoms with van der Waals surface area (Å²) in [5.41, 5.74) is 9.08. The van der Waals surface area contributed by atoms with E-state index in [0.29, 0.717) is 97.0 Å². The van der Waals surface area contributed by atoms with Crippen LogP contribution in [0, 0.1) is 96.9 Å². The standard InChI is InChI=1S/C16H23F3N2.2C15H21F3N2.C15H23F3N2.C14H19F3N2.C14H21F3N2.C13H19F3N2/c1-12-10-14(16(17,18)19)11-15(13(12)2)20(3)8-9-21-6-4-5-7-21;1-11-9-13(15(16,17)18)12(2)14(10-11)20-6-4-5-19(3)7-8-20;1-4-19-5-7-20(8-6-19)14-10-11(2)9-13(12(14)3)15(16,17)18;1-11-9-13(15(16,17)18)10-14(12(11)2)20(5)8-6-7-19(3)4;1-10-8-12(14(15,16)17)11(2)13(9-10)19-6-4-18(3)5-7-19;1-10-8-12(14(15,16)17)11(2)13(9-10)19(5)7-6-18(3)4;1-9-7-11(13(14,15)16)10(2)12(8-9)18(4)6-5-17-3/h10-11H,4-9H2,1-3H3;2*9-10H,4-8H2,1-3H3;9-10H,6-8H2,1-5H3;8-9H,4-7H2,1-3H3;8-9H,6-7H2,1-5H3;7-8,17H,5-6H2,1-4H3. The summed E-state index contributed by atoms with van der Waals surface area (Å²) in [6.45, 7) is 45.2. The molecule has 0 saturated carbocycles. The molecule has 772 valence electrons. The molecule has 4 fully saturated rings. The molecule has 14 nitrogen and oxygen atoms in total. The van der Waals surface area contributed by atoms with Crippen molar-refractivity contribution in [2.75, 3.05) is 262 Å². The molecule has 0 atom stereocenters. The zero-order valence-electron chi connectivity index (χ0n) is 84.9. The minimum absolute atomic E-state index is 0.284. The zero-order valence-corrected chi connectivity index (χ0v) is 84.9. The van der Waals surface area contributed by atoms with E-state index < -0.39 is 82.2 Å². The first kappa shape index (κ1) is 119. The highest BCUT2D eigenvalue weighted by Crippen LogP contribution is 2.44. The molecule has 0 amide bonds. The average molecular weight is 1970 g/mol. The molecule has 0 aliphatic carbocycles. The molecule has 0 unspecified atom stereocenters. The van der Waals surface area contributed by atoms with E-state index in [0.717, 1.165) is 178 Å². The van der Waals surface area contributed by atoms with Gasteiger partial charge in [0.2, 0.25) is 0 Å². The number of nitrogens with one attached hydrogen (secondary N) is 1. The number of aryl methyl sites for hydroxylation is 7. The second-order valence-electron chi connectivity index (χ2n) is 37.3. The maximum atomic E-state index is 13.1. The van der Waals surface area contributed by atoms with Crippen LogP contribution < -0.4 is 39.6 Å². The Hall–Kier alpha value is -8.61. The molecule has 7 aromatic rings. The van der Waals surface area contributed by atoms with Crippen LogP contribution in [0.15, 0.2) is 84.9 Å². The predicted octanol–water partition coefficient (Wildman–Crippen LogP) is 23.9. The van der Waals surface area contributed by atoms with E-state index in [1.807, 2.05) is 127 Å². The van der Waals surface area contributed by atoms with Crippen LogP contribution >= 0.6 is 0 Å². The number of piperazine rings is 2. The van der Waals surface area contributed by atoms with Crippen LogP contribution in [0.4, 0.5) is 132 Å². The summed E-state index contributed by atoms with van der Waals surface area (Å²) in [6, 6.07) is 20.3. The monoisotopic (exact) mass is 1970 g/mol. The van der Waals surface area contributed by atoms with Crippen molar-refractivity contribution in [2.24, 2.45) is 0 Å². The van der Waals surface area contributed by atoms with Gasteiger partial charge in [0.25, 0.3) is 0 Å². The Kier molecular flexibility index (Phi) is 44.9. The van der Waals surface area contributed by atoms with Gasteiger partial charge in [0.1, 0.15) is 0 Å². The third-order valence-electron chi connectivity index (χ3n) is 25.4. The predicted molar refractivity (Wildman–Crippen MR) is 519 cm³/mol. The van der Waals surface area contributed by atoms with Crippen molar-refractivity contribution in [3.63, 3.8) is 0 Å². The number of anilines is 7. The topological polar surface area (TPSA) is 54.2 Å². The number of hydrogen-bond acceptors (Lipinski definition) is 14. The minimum atomic E-state index is -4.30. The van der Waals surface area contributed by atoms with Crippen molar-refractivity contribution in [2.45, 2.75) is 173 Å². The van der Waals surface area contributed by atoms with Crippen LogP contribution in [-0.2, 0) is 43.2 Å². The molecule has 1 N–H and O–H groups in total. The van der Waals surface area contributed by atoms with Crippen molar-refractivity contribution < 1.29 is 92.2 Å². The Morgan fingerprint density at radius 2 is 0.577 bits per heavy atom. The van der Waals surface area contributed by atoms with E-state index in [2.05, 4.69) is 51.4 Å². The van der Waals surface area contributed by atoms with Crippen molar-refractivity contribution in [1.29, 1.82) is 0 Å². The molecule has 7 aromatic carbocycles. The number of alkyl halides is 21. The van der Waals surface area contributed by atoms with Gasteiger partial charge in [-0.2, -0.15) is 92.2 Å². The Morgan fingerprint density at radius 1 is 0.277 bits per heavy atom. The van der Waals surface area contributed by atoms with Crippen LogP contribution in [0.3, 0.4) is 0 Å². The van der Waals surface area contributed by atoms with E-state index in [9.17, 15) is 92.2 Å². The first-order valence-corrected chi connectivity index (χ1v) is 46.4. The van der Waals surface area contributed by atoms with Crippen molar-refractivity contribution >= 4 is 39.8 Å². The largest absolute Gasteiger partial charge is 0.416 e. The fraction of sp³-hybridized carbons (Fsp3) is 0.588. The lowest BCUT2D eigenvalue weighted by atomic mass is 10.0. The summed E-state index contributed by atoms with van der Waals surface area (Å²) >= 11 is 0. The maximum Gasteiger partial charge on any atom is 0.416 e. The molecule has 0 spiro atoms. The van der Waals surface area contributed by atoms with E-state index >= 15 is 0 Å². The molecular formula is C102H147F21N14. The quantitative estimate of drug-likeness (QED) is 0.0695. The Morgan fingerprint density at radius 3 is 0.905 bits per heavy atom. The third kappa shape index (κ3) is 36.8. The van der Waals surface area contributed by atoms with Gasteiger partial charge in [0, 0.05) is 186 Å². The van der Waals surface area contributed by atoms with E-state index in [1.54, 1.807) is 88.4 Å². The summed E-state index contributed by atoms with van der Waals surface area (Å²) in [7, 11) is 21.1. The van der Waals surface area contributed by atoms with Gasteiger partial charge in [0.15, 0.2) is 0 Å². The molecule has 4 heterocycles. The highest BCUT2D eigenvalue weighted by molar-refractivity contribution is 5.65. The molecule has 4 aliphatic heterocycles. The number of hydrogen-bond donors (Lipinski definition) is 1. The van der Waals surface area contributed by atoms with Gasteiger partial charge in [-0.3, -0.25) is 0 Å². The van der Waals surface area contributed by atoms with Crippen LogP contribution in [-0.4, -0.2) is 257 Å². The van der Waals surface area contributed by atoms with Crippen LogP contribution in [0.5, 0.6) is 0 Å². The molecule has 0 bridgehead atoms. The summed E-state index contributed by atoms with van der Waals surface area (Å²) in [4.78, 5) is 26.9. The molecule has 11 rings (SSSR count). The highest BCUT2D eigenvalue weighted by Gasteiger charge is 2.41. The summed E-state index contributed by atoms with van der Waals surface area (Å²) < 4.78 is 273. The van der Waals surface area contributed by atoms with Gasteiger partial charge in [-0.1, -0.05) is 6.92 Å². The van der Waals surface area contributed by atoms with E-state index in [4.69, 9.17) is 0 Å². The second-order valence-corrected chi connectivity index (χ2v) is 37.3. The minimum Gasteiger partial charge on any atom is -0.374 e. The normalized spacial score (nSPS) is 15.2. The van der Waals surface area contributed by atoms with Gasteiger partial charge < -0.3 is 69.0 Å². The molecule has 35 heteroatoms. The molecule has 4 saturated heterocycles. The van der Waals surface area contributed by atoms with E-state index in [1.165, 1.54) is 81.3 Å². The van der Waals surface area contributed by atoms with E-state index in [-0.39, 0.29) is 5.56 Å². The van der Waals surface area contributed by atoms with Crippen LogP contribution in [0.1, 0.15) is 149 Å². The SMILES string of the molecule is CCN1CCN(c2cc(C)cc(C(F)(F)F)c2C)CC1.CNCCN(C)c1cc(C)cc(C(F)(F)F)c1C.Cc1cc(C(F)(F)F)cc(N(C)CCCN(C)C)c1C.Cc1cc(C(F)(F)F)cc(N(C)CCN2CCCC2)c1C.Cc1cc(N(C)CCN(C)C)c(C)c(C(F)(F)F)c1.Cc1cc(N2CCCN(C)CC2)c(C)c(C(F)(F)F)c1.Cc1cc(N2CCN(C)CC2)c(C)c(C(F)(F)F)c1. The van der Waals surface area contributed by atoms with Gasteiger partial charge in [-0.25, -0.2) is 0 Å². The molecule has 4 aliphatic rings. The average Bonchev–Trinajstić information content (AvgIpc) is 1.13. The molecule has 0 aromatic heterocycles.